The fourth-order valence-corrected chi connectivity index (χ4v) is 2.66. The number of hydrogen-bond acceptors (Lipinski definition) is 2. The molecule has 0 aliphatic carbocycles. The minimum atomic E-state index is -0.125. The van der Waals surface area contributed by atoms with Crippen molar-refractivity contribution in [3.05, 3.63) is 63.6 Å². The van der Waals surface area contributed by atoms with Crippen LogP contribution >= 0.6 is 39.9 Å². The van der Waals surface area contributed by atoms with Crippen molar-refractivity contribution in [2.45, 2.75) is 20.4 Å². The third-order valence-electron chi connectivity index (χ3n) is 3.82. The molecule has 1 amide bonds. The van der Waals surface area contributed by atoms with E-state index in [1.807, 2.05) is 37.3 Å². The van der Waals surface area contributed by atoms with Crippen molar-refractivity contribution >= 4 is 57.5 Å². The normalized spacial score (nSPS) is 10.7. The predicted molar refractivity (Wildman–Crippen MR) is 122 cm³/mol. The first-order valence-corrected chi connectivity index (χ1v) is 8.84. The minimum absolute atomic E-state index is 0. The number of benzene rings is 2. The zero-order chi connectivity index (χ0) is 18.2. The standard InChI is InChI=1S/C19H23BrN4O.HI/c1-13-6-4-5-7-15(13)11-22-19(21-3)23-12-18(25)24-17-10-16(20)9-8-14(17)2;/h4-10H,11-12H2,1-3H3,(H,24,25)(H2,21,22,23);1H. The molecule has 0 heterocycles. The molecule has 0 unspecified atom stereocenters. The summed E-state index contributed by atoms with van der Waals surface area (Å²) in [5, 5.41) is 9.15. The quantitative estimate of drug-likeness (QED) is 0.311. The summed E-state index contributed by atoms with van der Waals surface area (Å²) in [6.45, 7) is 4.82. The number of nitrogens with one attached hydrogen (secondary N) is 3. The summed E-state index contributed by atoms with van der Waals surface area (Å²) in [5.74, 6) is 0.462. The Labute approximate surface area is 180 Å². The second kappa shape index (κ2) is 11.2. The number of aryl methyl sites for hydroxylation is 2. The molecule has 0 saturated heterocycles. The van der Waals surface area contributed by atoms with E-state index in [1.54, 1.807) is 7.05 Å². The molecule has 26 heavy (non-hydrogen) atoms. The van der Waals surface area contributed by atoms with Gasteiger partial charge in [-0.2, -0.15) is 0 Å². The van der Waals surface area contributed by atoms with Crippen LogP contribution in [0.5, 0.6) is 0 Å². The van der Waals surface area contributed by atoms with E-state index < -0.39 is 0 Å². The van der Waals surface area contributed by atoms with Gasteiger partial charge in [0.15, 0.2) is 5.96 Å². The van der Waals surface area contributed by atoms with Crippen LogP contribution in [0.1, 0.15) is 16.7 Å². The summed E-state index contributed by atoms with van der Waals surface area (Å²) in [7, 11) is 1.68. The van der Waals surface area contributed by atoms with Gasteiger partial charge < -0.3 is 16.0 Å². The predicted octanol–water partition coefficient (Wildman–Crippen LogP) is 3.99. The largest absolute Gasteiger partial charge is 0.352 e. The molecular weight excluding hydrogens is 507 g/mol. The van der Waals surface area contributed by atoms with Gasteiger partial charge in [0.25, 0.3) is 0 Å². The van der Waals surface area contributed by atoms with Gasteiger partial charge in [-0.15, -0.1) is 24.0 Å². The number of hydrogen-bond donors (Lipinski definition) is 3. The van der Waals surface area contributed by atoms with Gasteiger partial charge in [0.2, 0.25) is 5.91 Å². The van der Waals surface area contributed by atoms with Crippen molar-refractivity contribution in [3.8, 4) is 0 Å². The Hall–Kier alpha value is -1.61. The van der Waals surface area contributed by atoms with Crippen LogP contribution in [-0.2, 0) is 11.3 Å². The number of carbonyl (C=O) groups excluding carboxylic acids is 1. The van der Waals surface area contributed by atoms with Crippen LogP contribution in [-0.4, -0.2) is 25.5 Å². The second-order valence-electron chi connectivity index (χ2n) is 5.71. The molecule has 7 heteroatoms. The lowest BCUT2D eigenvalue weighted by Gasteiger charge is -2.14. The Bertz CT molecular complexity index is 780. The van der Waals surface area contributed by atoms with E-state index in [4.69, 9.17) is 0 Å². The molecule has 2 aromatic rings. The highest BCUT2D eigenvalue weighted by Crippen LogP contribution is 2.20. The van der Waals surface area contributed by atoms with E-state index in [0.717, 1.165) is 15.7 Å². The van der Waals surface area contributed by atoms with Crippen LogP contribution in [0, 0.1) is 13.8 Å². The SMILES string of the molecule is CN=C(NCC(=O)Nc1cc(Br)ccc1C)NCc1ccccc1C.I. The number of guanidine groups is 1. The van der Waals surface area contributed by atoms with Crippen molar-refractivity contribution < 1.29 is 4.79 Å². The fourth-order valence-electron chi connectivity index (χ4n) is 2.30. The number of anilines is 1. The Kier molecular flexibility index (Phi) is 9.64. The summed E-state index contributed by atoms with van der Waals surface area (Å²) < 4.78 is 0.928. The van der Waals surface area contributed by atoms with Crippen molar-refractivity contribution in [2.75, 3.05) is 18.9 Å². The lowest BCUT2D eigenvalue weighted by Crippen LogP contribution is -2.41. The monoisotopic (exact) mass is 530 g/mol. The van der Waals surface area contributed by atoms with Gasteiger partial charge in [-0.1, -0.05) is 46.3 Å². The van der Waals surface area contributed by atoms with Gasteiger partial charge in [0.1, 0.15) is 0 Å². The molecule has 0 aromatic heterocycles. The van der Waals surface area contributed by atoms with Crippen molar-refractivity contribution in [3.63, 3.8) is 0 Å². The minimum Gasteiger partial charge on any atom is -0.352 e. The summed E-state index contributed by atoms with van der Waals surface area (Å²) in [5.41, 5.74) is 4.22. The van der Waals surface area contributed by atoms with Crippen LogP contribution in [0.15, 0.2) is 51.9 Å². The third kappa shape index (κ3) is 6.95. The topological polar surface area (TPSA) is 65.5 Å². The first kappa shape index (κ1) is 22.4. The Morgan fingerprint density at radius 1 is 1.08 bits per heavy atom. The molecule has 0 saturated carbocycles. The van der Waals surface area contributed by atoms with Crippen LogP contribution in [0.4, 0.5) is 5.69 Å². The Balaban J connectivity index is 0.00000338. The summed E-state index contributed by atoms with van der Waals surface area (Å²) in [4.78, 5) is 16.3. The Morgan fingerprint density at radius 2 is 1.81 bits per heavy atom. The average molecular weight is 531 g/mol. The molecular formula is C19H24BrIN4O. The number of nitrogens with zero attached hydrogens (tertiary/aromatic N) is 1. The van der Waals surface area contributed by atoms with E-state index in [-0.39, 0.29) is 36.4 Å². The van der Waals surface area contributed by atoms with Gasteiger partial charge in [-0.3, -0.25) is 9.79 Å². The molecule has 2 rings (SSSR count). The maximum absolute atomic E-state index is 12.2. The third-order valence-corrected chi connectivity index (χ3v) is 4.31. The smallest absolute Gasteiger partial charge is 0.243 e. The van der Waals surface area contributed by atoms with E-state index in [9.17, 15) is 4.79 Å². The molecule has 0 atom stereocenters. The molecule has 3 N–H and O–H groups in total. The zero-order valence-electron chi connectivity index (χ0n) is 15.1. The van der Waals surface area contributed by atoms with E-state index in [1.165, 1.54) is 11.1 Å². The molecule has 140 valence electrons. The van der Waals surface area contributed by atoms with Gasteiger partial charge in [-0.25, -0.2) is 0 Å². The van der Waals surface area contributed by atoms with Crippen LogP contribution in [0.3, 0.4) is 0 Å². The highest BCUT2D eigenvalue weighted by atomic mass is 127. The highest BCUT2D eigenvalue weighted by molar-refractivity contribution is 14.0. The number of aliphatic imine (C=N–C) groups is 1. The number of carbonyl (C=O) groups is 1. The molecule has 0 fully saturated rings. The molecule has 0 bridgehead atoms. The maximum atomic E-state index is 12.2. The second-order valence-corrected chi connectivity index (χ2v) is 6.63. The lowest BCUT2D eigenvalue weighted by atomic mass is 10.1. The molecule has 0 aliphatic rings. The highest BCUT2D eigenvalue weighted by Gasteiger charge is 2.07. The molecule has 2 aromatic carbocycles. The van der Waals surface area contributed by atoms with Crippen LogP contribution < -0.4 is 16.0 Å². The Morgan fingerprint density at radius 3 is 2.50 bits per heavy atom. The van der Waals surface area contributed by atoms with Gasteiger partial charge >= 0.3 is 0 Å². The van der Waals surface area contributed by atoms with E-state index in [2.05, 4.69) is 55.9 Å². The fraction of sp³-hybridized carbons (Fsp3) is 0.263. The first-order valence-electron chi connectivity index (χ1n) is 8.04. The number of amides is 1. The summed E-state index contributed by atoms with van der Waals surface area (Å²) >= 11 is 3.41. The summed E-state index contributed by atoms with van der Waals surface area (Å²) in [6, 6.07) is 13.9. The molecule has 0 radical (unpaired) electrons. The molecule has 0 aliphatic heterocycles. The lowest BCUT2D eigenvalue weighted by molar-refractivity contribution is -0.115. The molecule has 5 nitrogen and oxygen atoms in total. The number of rotatable bonds is 5. The van der Waals surface area contributed by atoms with Crippen molar-refractivity contribution in [2.24, 2.45) is 4.99 Å². The maximum Gasteiger partial charge on any atom is 0.243 e. The van der Waals surface area contributed by atoms with Gasteiger partial charge in [-0.05, 0) is 42.7 Å². The van der Waals surface area contributed by atoms with Crippen LogP contribution in [0.2, 0.25) is 0 Å². The van der Waals surface area contributed by atoms with Gasteiger partial charge in [0, 0.05) is 23.8 Å². The van der Waals surface area contributed by atoms with Gasteiger partial charge in [0.05, 0.1) is 6.54 Å². The first-order chi connectivity index (χ1) is 12.0. The zero-order valence-corrected chi connectivity index (χ0v) is 19.0. The van der Waals surface area contributed by atoms with Crippen molar-refractivity contribution in [1.82, 2.24) is 10.6 Å². The van der Waals surface area contributed by atoms with E-state index in [0.29, 0.717) is 12.5 Å². The number of halogens is 2. The van der Waals surface area contributed by atoms with Crippen molar-refractivity contribution in [1.29, 1.82) is 0 Å². The summed E-state index contributed by atoms with van der Waals surface area (Å²) in [6.07, 6.45) is 0. The molecule has 0 spiro atoms. The average Bonchev–Trinajstić information content (AvgIpc) is 2.59. The van der Waals surface area contributed by atoms with Crippen LogP contribution in [0.25, 0.3) is 0 Å². The van der Waals surface area contributed by atoms with E-state index >= 15 is 0 Å².